The largest absolute Gasteiger partial charge is 0.354 e. The van der Waals surface area contributed by atoms with Crippen molar-refractivity contribution in [1.82, 2.24) is 20.1 Å². The molecule has 0 aliphatic carbocycles. The fraction of sp³-hybridized carbons (Fsp3) is 0.429. The number of likely N-dealkylation sites (tertiary alicyclic amines) is 1. The molecule has 2 aromatic heterocycles. The standard InChI is InChI=1S/C21H27N5S/c1-15-6-8-16(9-7-15)19-12-23-24-20(19)17-5-4-10-26(13-17)14-18-11-22-21(27-18)25(2)3/h6-9,11-12,17H,4-5,10,13-14H2,1-3H3,(H,23,24)/t17-/m0/s1. The lowest BCUT2D eigenvalue weighted by Gasteiger charge is -2.32. The molecule has 1 fully saturated rings. The molecule has 0 amide bonds. The highest BCUT2D eigenvalue weighted by Gasteiger charge is 2.25. The van der Waals surface area contributed by atoms with Gasteiger partial charge in [-0.3, -0.25) is 10.00 Å². The van der Waals surface area contributed by atoms with E-state index in [4.69, 9.17) is 0 Å². The molecule has 0 saturated carbocycles. The molecule has 5 nitrogen and oxygen atoms in total. The van der Waals surface area contributed by atoms with Gasteiger partial charge in [0, 0.05) is 55.4 Å². The first kappa shape index (κ1) is 18.2. The number of hydrogen-bond acceptors (Lipinski definition) is 5. The molecule has 27 heavy (non-hydrogen) atoms. The number of aromatic nitrogens is 3. The molecule has 6 heteroatoms. The Hall–Kier alpha value is -2.18. The monoisotopic (exact) mass is 381 g/mol. The fourth-order valence-corrected chi connectivity index (χ4v) is 4.68. The number of aryl methyl sites for hydroxylation is 1. The first-order chi connectivity index (χ1) is 13.1. The quantitative estimate of drug-likeness (QED) is 0.716. The van der Waals surface area contributed by atoms with E-state index in [1.807, 2.05) is 26.5 Å². The van der Waals surface area contributed by atoms with Crippen molar-refractivity contribution in [2.24, 2.45) is 0 Å². The van der Waals surface area contributed by atoms with Crippen LogP contribution in [0.4, 0.5) is 5.13 Å². The molecule has 1 atom stereocenters. The second-order valence-corrected chi connectivity index (χ2v) is 8.73. The summed E-state index contributed by atoms with van der Waals surface area (Å²) < 4.78 is 0. The third-order valence-corrected chi connectivity index (χ3v) is 6.40. The summed E-state index contributed by atoms with van der Waals surface area (Å²) in [6.07, 6.45) is 6.43. The molecule has 1 N–H and O–H groups in total. The number of benzene rings is 1. The van der Waals surface area contributed by atoms with Crippen molar-refractivity contribution in [3.8, 4) is 11.1 Å². The van der Waals surface area contributed by atoms with Crippen LogP contribution < -0.4 is 4.90 Å². The maximum absolute atomic E-state index is 4.51. The average Bonchev–Trinajstić information content (AvgIpc) is 3.32. The van der Waals surface area contributed by atoms with Crippen molar-refractivity contribution < 1.29 is 0 Å². The van der Waals surface area contributed by atoms with Gasteiger partial charge in [0.1, 0.15) is 0 Å². The number of thiazole rings is 1. The smallest absolute Gasteiger partial charge is 0.185 e. The van der Waals surface area contributed by atoms with E-state index in [1.54, 1.807) is 11.3 Å². The Morgan fingerprint density at radius 3 is 2.78 bits per heavy atom. The molecule has 0 unspecified atom stereocenters. The summed E-state index contributed by atoms with van der Waals surface area (Å²) in [4.78, 5) is 10.5. The van der Waals surface area contributed by atoms with Crippen molar-refractivity contribution in [2.75, 3.05) is 32.1 Å². The van der Waals surface area contributed by atoms with Crippen molar-refractivity contribution in [3.05, 3.63) is 52.8 Å². The molecule has 3 aromatic rings. The van der Waals surface area contributed by atoms with E-state index < -0.39 is 0 Å². The topological polar surface area (TPSA) is 48.1 Å². The molecule has 4 rings (SSSR count). The Bertz CT molecular complexity index is 880. The number of nitrogens with zero attached hydrogens (tertiary/aromatic N) is 4. The highest BCUT2D eigenvalue weighted by atomic mass is 32.1. The van der Waals surface area contributed by atoms with Crippen molar-refractivity contribution in [2.45, 2.75) is 32.2 Å². The molecule has 0 radical (unpaired) electrons. The highest BCUT2D eigenvalue weighted by molar-refractivity contribution is 7.15. The van der Waals surface area contributed by atoms with Crippen LogP contribution in [0.3, 0.4) is 0 Å². The molecular formula is C21H27N5S. The van der Waals surface area contributed by atoms with E-state index in [-0.39, 0.29) is 0 Å². The second kappa shape index (κ2) is 7.82. The average molecular weight is 382 g/mol. The van der Waals surface area contributed by atoms with Crippen molar-refractivity contribution in [1.29, 1.82) is 0 Å². The van der Waals surface area contributed by atoms with Gasteiger partial charge in [0.15, 0.2) is 5.13 Å². The van der Waals surface area contributed by atoms with Gasteiger partial charge in [-0.1, -0.05) is 29.8 Å². The Labute approximate surface area is 165 Å². The normalized spacial score (nSPS) is 18.0. The molecule has 0 bridgehead atoms. The van der Waals surface area contributed by atoms with Gasteiger partial charge in [0.05, 0.1) is 6.20 Å². The number of piperidine rings is 1. The zero-order valence-corrected chi connectivity index (χ0v) is 17.1. The van der Waals surface area contributed by atoms with Crippen LogP contribution in [0, 0.1) is 6.92 Å². The molecule has 1 aliphatic heterocycles. The van der Waals surface area contributed by atoms with Gasteiger partial charge in [0.25, 0.3) is 0 Å². The summed E-state index contributed by atoms with van der Waals surface area (Å²) in [5, 5.41) is 8.75. The maximum Gasteiger partial charge on any atom is 0.185 e. The minimum atomic E-state index is 0.499. The summed E-state index contributed by atoms with van der Waals surface area (Å²) in [7, 11) is 4.09. The minimum Gasteiger partial charge on any atom is -0.354 e. The third kappa shape index (κ3) is 4.06. The lowest BCUT2D eigenvalue weighted by Crippen LogP contribution is -2.34. The van der Waals surface area contributed by atoms with E-state index >= 15 is 0 Å². The molecule has 142 valence electrons. The van der Waals surface area contributed by atoms with Gasteiger partial charge in [-0.2, -0.15) is 5.10 Å². The van der Waals surface area contributed by atoms with Gasteiger partial charge in [-0.25, -0.2) is 4.98 Å². The maximum atomic E-state index is 4.51. The summed E-state index contributed by atoms with van der Waals surface area (Å²) in [6.45, 7) is 5.33. The Kier molecular flexibility index (Phi) is 5.27. The van der Waals surface area contributed by atoms with E-state index in [1.165, 1.54) is 40.1 Å². The van der Waals surface area contributed by atoms with Gasteiger partial charge in [0.2, 0.25) is 0 Å². The SMILES string of the molecule is Cc1ccc(-c2cn[nH]c2[C@H]2CCCN(Cc3cnc(N(C)C)s3)C2)cc1. The molecule has 1 saturated heterocycles. The lowest BCUT2D eigenvalue weighted by molar-refractivity contribution is 0.200. The summed E-state index contributed by atoms with van der Waals surface area (Å²) >= 11 is 1.79. The summed E-state index contributed by atoms with van der Waals surface area (Å²) in [6, 6.07) is 8.74. The Morgan fingerprint density at radius 2 is 2.04 bits per heavy atom. The van der Waals surface area contributed by atoms with E-state index in [0.29, 0.717) is 5.92 Å². The van der Waals surface area contributed by atoms with Crippen LogP contribution in [0.25, 0.3) is 11.1 Å². The minimum absolute atomic E-state index is 0.499. The summed E-state index contributed by atoms with van der Waals surface area (Å²) in [5.74, 6) is 0.499. The van der Waals surface area contributed by atoms with Gasteiger partial charge in [-0.05, 0) is 31.9 Å². The second-order valence-electron chi connectivity index (χ2n) is 7.64. The van der Waals surface area contributed by atoms with Crippen LogP contribution >= 0.6 is 11.3 Å². The molecule has 0 spiro atoms. The number of hydrogen-bond donors (Lipinski definition) is 1. The zero-order valence-electron chi connectivity index (χ0n) is 16.3. The molecular weight excluding hydrogens is 354 g/mol. The Balaban J connectivity index is 1.48. The van der Waals surface area contributed by atoms with Gasteiger partial charge in [-0.15, -0.1) is 11.3 Å². The van der Waals surface area contributed by atoms with Crippen LogP contribution in [0.5, 0.6) is 0 Å². The lowest BCUT2D eigenvalue weighted by atomic mass is 9.90. The van der Waals surface area contributed by atoms with E-state index in [2.05, 4.69) is 56.2 Å². The van der Waals surface area contributed by atoms with Crippen molar-refractivity contribution in [3.63, 3.8) is 0 Å². The van der Waals surface area contributed by atoms with Crippen LogP contribution in [0.1, 0.15) is 34.9 Å². The number of H-pyrrole nitrogens is 1. The number of rotatable bonds is 5. The van der Waals surface area contributed by atoms with Crippen LogP contribution in [-0.2, 0) is 6.54 Å². The molecule has 1 aliphatic rings. The van der Waals surface area contributed by atoms with E-state index in [0.717, 1.165) is 24.8 Å². The molecule has 1 aromatic carbocycles. The number of nitrogens with one attached hydrogen (secondary N) is 1. The fourth-order valence-electron chi connectivity index (χ4n) is 3.80. The summed E-state index contributed by atoms with van der Waals surface area (Å²) in [5.41, 5.74) is 5.06. The Morgan fingerprint density at radius 1 is 1.22 bits per heavy atom. The van der Waals surface area contributed by atoms with Gasteiger partial charge < -0.3 is 4.90 Å². The number of aromatic amines is 1. The molecule has 3 heterocycles. The highest BCUT2D eigenvalue weighted by Crippen LogP contribution is 2.34. The van der Waals surface area contributed by atoms with Gasteiger partial charge >= 0.3 is 0 Å². The van der Waals surface area contributed by atoms with Crippen LogP contribution in [0.15, 0.2) is 36.7 Å². The predicted octanol–water partition coefficient (Wildman–Crippen LogP) is 4.29. The zero-order chi connectivity index (χ0) is 18.8. The van der Waals surface area contributed by atoms with Crippen LogP contribution in [-0.4, -0.2) is 47.3 Å². The van der Waals surface area contributed by atoms with Crippen molar-refractivity contribution >= 4 is 16.5 Å². The van der Waals surface area contributed by atoms with E-state index in [9.17, 15) is 0 Å². The third-order valence-electron chi connectivity index (χ3n) is 5.25. The first-order valence-electron chi connectivity index (χ1n) is 9.55. The van der Waals surface area contributed by atoms with Crippen LogP contribution in [0.2, 0.25) is 0 Å². The number of anilines is 1. The first-order valence-corrected chi connectivity index (χ1v) is 10.4. The predicted molar refractivity (Wildman–Crippen MR) is 112 cm³/mol.